The molecule has 0 amide bonds. The van der Waals surface area contributed by atoms with E-state index in [1.807, 2.05) is 28.9 Å². The van der Waals surface area contributed by atoms with E-state index in [1.165, 1.54) is 5.56 Å². The van der Waals surface area contributed by atoms with Crippen LogP contribution >= 0.6 is 0 Å². The van der Waals surface area contributed by atoms with Gasteiger partial charge < -0.3 is 0 Å². The molecule has 0 N–H and O–H groups in total. The van der Waals surface area contributed by atoms with E-state index in [1.54, 1.807) is 12.4 Å². The van der Waals surface area contributed by atoms with Gasteiger partial charge in [-0.05, 0) is 24.6 Å². The maximum absolute atomic E-state index is 4.15. The molecule has 0 radical (unpaired) electrons. The van der Waals surface area contributed by atoms with Crippen molar-refractivity contribution in [3.8, 4) is 5.69 Å². The van der Waals surface area contributed by atoms with Crippen molar-refractivity contribution in [2.75, 3.05) is 0 Å². The van der Waals surface area contributed by atoms with Crippen LogP contribution in [-0.4, -0.2) is 20.0 Å². The smallest absolute Gasteiger partial charge is 0.131 e. The minimum Gasteiger partial charge on any atom is -0.262 e. The minimum absolute atomic E-state index is 0.811. The van der Waals surface area contributed by atoms with E-state index in [0.29, 0.717) is 0 Å². The molecule has 3 rings (SSSR count). The van der Waals surface area contributed by atoms with Gasteiger partial charge >= 0.3 is 0 Å². The molecule has 0 bridgehead atoms. The van der Waals surface area contributed by atoms with Crippen molar-refractivity contribution in [1.82, 2.24) is 20.0 Å². The highest BCUT2D eigenvalue weighted by Gasteiger charge is 2.07. The first-order valence-corrected chi connectivity index (χ1v) is 5.08. The molecule has 4 nitrogen and oxygen atoms in total. The summed E-state index contributed by atoms with van der Waals surface area (Å²) in [6.07, 6.45) is 3.47. The van der Waals surface area contributed by atoms with Gasteiger partial charge in [0.1, 0.15) is 5.52 Å². The largest absolute Gasteiger partial charge is 0.262 e. The van der Waals surface area contributed by atoms with Gasteiger partial charge in [0.2, 0.25) is 0 Å². The number of para-hydroxylation sites is 1. The molecule has 0 atom stereocenters. The fourth-order valence-electron chi connectivity index (χ4n) is 1.76. The van der Waals surface area contributed by atoms with E-state index in [-0.39, 0.29) is 0 Å². The monoisotopic (exact) mass is 210 g/mol. The van der Waals surface area contributed by atoms with Crippen LogP contribution in [0.1, 0.15) is 5.56 Å². The lowest BCUT2D eigenvalue weighted by atomic mass is 10.2. The van der Waals surface area contributed by atoms with Crippen molar-refractivity contribution >= 4 is 11.0 Å². The van der Waals surface area contributed by atoms with Gasteiger partial charge in [-0.1, -0.05) is 23.4 Å². The third-order valence-corrected chi connectivity index (χ3v) is 2.59. The van der Waals surface area contributed by atoms with E-state index < -0.39 is 0 Å². The number of pyridine rings is 1. The Morgan fingerprint density at radius 3 is 2.88 bits per heavy atom. The minimum atomic E-state index is 0.811. The number of benzene rings is 1. The number of hydrogen-bond donors (Lipinski definition) is 0. The SMILES string of the molecule is Cc1ccccc1-n1nnc2cnccc21. The standard InChI is InChI=1S/C12H10N4/c1-9-4-2-3-5-11(9)16-12-6-7-13-8-10(12)14-15-16/h2-8H,1H3. The third-order valence-electron chi connectivity index (χ3n) is 2.59. The molecule has 0 saturated heterocycles. The van der Waals surface area contributed by atoms with Crippen molar-refractivity contribution in [1.29, 1.82) is 0 Å². The molecule has 78 valence electrons. The summed E-state index contributed by atoms with van der Waals surface area (Å²) in [7, 11) is 0. The van der Waals surface area contributed by atoms with E-state index in [0.717, 1.165) is 16.7 Å². The Morgan fingerprint density at radius 2 is 2.00 bits per heavy atom. The third kappa shape index (κ3) is 1.27. The van der Waals surface area contributed by atoms with E-state index >= 15 is 0 Å². The van der Waals surface area contributed by atoms with Crippen LogP contribution in [0.15, 0.2) is 42.7 Å². The molecule has 2 heterocycles. The number of nitrogens with zero attached hydrogens (tertiary/aromatic N) is 4. The Morgan fingerprint density at radius 1 is 1.12 bits per heavy atom. The average molecular weight is 210 g/mol. The van der Waals surface area contributed by atoms with Gasteiger partial charge in [-0.3, -0.25) is 4.98 Å². The van der Waals surface area contributed by atoms with Crippen LogP contribution in [-0.2, 0) is 0 Å². The molecule has 4 heteroatoms. The fourth-order valence-corrected chi connectivity index (χ4v) is 1.76. The summed E-state index contributed by atoms with van der Waals surface area (Å²) in [5.41, 5.74) is 4.01. The van der Waals surface area contributed by atoms with E-state index in [9.17, 15) is 0 Å². The van der Waals surface area contributed by atoms with Crippen molar-refractivity contribution in [3.63, 3.8) is 0 Å². The van der Waals surface area contributed by atoms with Gasteiger partial charge in [0.25, 0.3) is 0 Å². The van der Waals surface area contributed by atoms with Gasteiger partial charge in [0.05, 0.1) is 17.4 Å². The zero-order valence-electron chi connectivity index (χ0n) is 8.83. The zero-order valence-corrected chi connectivity index (χ0v) is 8.83. The van der Waals surface area contributed by atoms with Crippen molar-refractivity contribution < 1.29 is 0 Å². The lowest BCUT2D eigenvalue weighted by Crippen LogP contribution is -1.98. The molecule has 0 aliphatic carbocycles. The molecule has 2 aromatic heterocycles. The highest BCUT2D eigenvalue weighted by molar-refractivity contribution is 5.75. The molecule has 0 saturated carbocycles. The van der Waals surface area contributed by atoms with Crippen molar-refractivity contribution in [3.05, 3.63) is 48.3 Å². The lowest BCUT2D eigenvalue weighted by molar-refractivity contribution is 0.819. The summed E-state index contributed by atoms with van der Waals surface area (Å²) in [5.74, 6) is 0. The van der Waals surface area contributed by atoms with Gasteiger partial charge in [0, 0.05) is 6.20 Å². The molecule has 1 aromatic carbocycles. The van der Waals surface area contributed by atoms with Crippen LogP contribution in [0, 0.1) is 6.92 Å². The second kappa shape index (κ2) is 3.41. The second-order valence-electron chi connectivity index (χ2n) is 3.65. The molecular formula is C12H10N4. The maximum atomic E-state index is 4.15. The van der Waals surface area contributed by atoms with Crippen molar-refractivity contribution in [2.45, 2.75) is 6.92 Å². The number of aryl methyl sites for hydroxylation is 1. The fraction of sp³-hybridized carbons (Fsp3) is 0.0833. The summed E-state index contributed by atoms with van der Waals surface area (Å²) < 4.78 is 1.84. The van der Waals surface area contributed by atoms with E-state index in [4.69, 9.17) is 0 Å². The average Bonchev–Trinajstić information content (AvgIpc) is 2.74. The quantitative estimate of drug-likeness (QED) is 0.618. The zero-order chi connectivity index (χ0) is 11.0. The lowest BCUT2D eigenvalue weighted by Gasteiger charge is -2.04. The highest BCUT2D eigenvalue weighted by Crippen LogP contribution is 2.17. The van der Waals surface area contributed by atoms with Crippen LogP contribution < -0.4 is 0 Å². The number of rotatable bonds is 1. The first-order chi connectivity index (χ1) is 7.86. The number of fused-ring (bicyclic) bond motifs is 1. The summed E-state index contributed by atoms with van der Waals surface area (Å²) in [5, 5.41) is 8.24. The Bertz CT molecular complexity index is 642. The Labute approximate surface area is 92.6 Å². The molecule has 3 aromatic rings. The Kier molecular flexibility index (Phi) is 1.93. The number of aromatic nitrogens is 4. The van der Waals surface area contributed by atoms with Crippen LogP contribution in [0.5, 0.6) is 0 Å². The predicted octanol–water partition coefficient (Wildman–Crippen LogP) is 2.12. The van der Waals surface area contributed by atoms with Crippen molar-refractivity contribution in [2.24, 2.45) is 0 Å². The van der Waals surface area contributed by atoms with Gasteiger partial charge in [-0.15, -0.1) is 5.10 Å². The number of hydrogen-bond acceptors (Lipinski definition) is 3. The van der Waals surface area contributed by atoms with Gasteiger partial charge in [-0.2, -0.15) is 0 Å². The molecule has 0 spiro atoms. The van der Waals surface area contributed by atoms with Gasteiger partial charge in [-0.25, -0.2) is 4.68 Å². The summed E-state index contributed by atoms with van der Waals surface area (Å²) >= 11 is 0. The molecule has 16 heavy (non-hydrogen) atoms. The van der Waals surface area contributed by atoms with Crippen LogP contribution in [0.2, 0.25) is 0 Å². The molecule has 0 fully saturated rings. The molecule has 0 unspecified atom stereocenters. The summed E-state index contributed by atoms with van der Waals surface area (Å²) in [6, 6.07) is 10.0. The molecular weight excluding hydrogens is 200 g/mol. The van der Waals surface area contributed by atoms with Crippen LogP contribution in [0.25, 0.3) is 16.7 Å². The maximum Gasteiger partial charge on any atom is 0.131 e. The summed E-state index contributed by atoms with van der Waals surface area (Å²) in [6.45, 7) is 2.06. The normalized spacial score (nSPS) is 10.8. The highest BCUT2D eigenvalue weighted by atomic mass is 15.4. The molecule has 0 aliphatic heterocycles. The topological polar surface area (TPSA) is 43.6 Å². The Hall–Kier alpha value is -2.23. The second-order valence-corrected chi connectivity index (χ2v) is 3.65. The van der Waals surface area contributed by atoms with Crippen LogP contribution in [0.3, 0.4) is 0 Å². The predicted molar refractivity (Wildman–Crippen MR) is 61.4 cm³/mol. The molecule has 0 aliphatic rings. The Balaban J connectivity index is 2.31. The first-order valence-electron chi connectivity index (χ1n) is 5.08. The summed E-state index contributed by atoms with van der Waals surface area (Å²) in [4.78, 5) is 4.03. The van der Waals surface area contributed by atoms with E-state index in [2.05, 4.69) is 28.3 Å². The van der Waals surface area contributed by atoms with Crippen LogP contribution in [0.4, 0.5) is 0 Å². The van der Waals surface area contributed by atoms with Gasteiger partial charge in [0.15, 0.2) is 0 Å². The first kappa shape index (κ1) is 9.03.